The first kappa shape index (κ1) is 15.7. The first-order valence-electron chi connectivity index (χ1n) is 7.32. The van der Waals surface area contributed by atoms with Crippen molar-refractivity contribution >= 4 is 28.2 Å². The maximum Gasteiger partial charge on any atom is 0.304 e. The number of nitrogens with one attached hydrogen (secondary N) is 1. The van der Waals surface area contributed by atoms with Gasteiger partial charge in [0, 0.05) is 42.5 Å². The van der Waals surface area contributed by atoms with Crippen molar-refractivity contribution < 1.29 is 14.1 Å². The van der Waals surface area contributed by atoms with E-state index in [1.807, 2.05) is 41.1 Å². The molecule has 0 aliphatic carbocycles. The molecule has 0 fully saturated rings. The van der Waals surface area contributed by atoms with E-state index in [-0.39, 0.29) is 18.0 Å². The molecule has 0 bridgehead atoms. The van der Waals surface area contributed by atoms with Crippen LogP contribution in [0.4, 0.5) is 15.8 Å². The first-order chi connectivity index (χ1) is 11.5. The summed E-state index contributed by atoms with van der Waals surface area (Å²) in [6.45, 7) is 0.481. The Kier molecular flexibility index (Phi) is 4.24. The fourth-order valence-electron chi connectivity index (χ4n) is 2.51. The van der Waals surface area contributed by atoms with Gasteiger partial charge in [-0.1, -0.05) is 18.2 Å². The van der Waals surface area contributed by atoms with Gasteiger partial charge in [0.25, 0.3) is 0 Å². The van der Waals surface area contributed by atoms with Crippen LogP contribution in [0.2, 0.25) is 0 Å². The van der Waals surface area contributed by atoms with Crippen LogP contribution in [0.1, 0.15) is 6.42 Å². The molecule has 6 nitrogen and oxygen atoms in total. The molecular formula is C17H14FN3O3. The summed E-state index contributed by atoms with van der Waals surface area (Å²) in [4.78, 5) is 21.8. The molecule has 7 heteroatoms. The van der Waals surface area contributed by atoms with E-state index >= 15 is 0 Å². The molecule has 0 spiro atoms. The van der Waals surface area contributed by atoms with E-state index in [4.69, 9.17) is 0 Å². The number of aromatic nitrogens is 1. The molecule has 1 N–H and O–H groups in total. The van der Waals surface area contributed by atoms with Crippen LogP contribution < -0.4 is 5.32 Å². The Hall–Kier alpha value is -3.22. The number of aryl methyl sites for hydroxylation is 1. The summed E-state index contributed by atoms with van der Waals surface area (Å²) in [5.74, 6) is -1.27. The van der Waals surface area contributed by atoms with Gasteiger partial charge in [-0.25, -0.2) is 0 Å². The molecule has 2 aromatic carbocycles. The minimum atomic E-state index is -0.978. The Morgan fingerprint density at radius 3 is 2.75 bits per heavy atom. The van der Waals surface area contributed by atoms with Gasteiger partial charge in [-0.15, -0.1) is 0 Å². The van der Waals surface area contributed by atoms with Gasteiger partial charge in [0.05, 0.1) is 4.92 Å². The quantitative estimate of drug-likeness (QED) is 0.573. The summed E-state index contributed by atoms with van der Waals surface area (Å²) in [5, 5.41) is 14.2. The lowest BCUT2D eigenvalue weighted by molar-refractivity contribution is -0.387. The highest BCUT2D eigenvalue weighted by Crippen LogP contribution is 2.21. The molecule has 3 rings (SSSR count). The van der Waals surface area contributed by atoms with E-state index in [0.717, 1.165) is 23.0 Å². The van der Waals surface area contributed by atoms with Crippen molar-refractivity contribution in [3.8, 4) is 0 Å². The van der Waals surface area contributed by atoms with Crippen molar-refractivity contribution in [3.05, 3.63) is 70.7 Å². The van der Waals surface area contributed by atoms with Crippen molar-refractivity contribution in [2.75, 3.05) is 5.32 Å². The monoisotopic (exact) mass is 327 g/mol. The maximum absolute atomic E-state index is 13.5. The molecule has 0 saturated heterocycles. The van der Waals surface area contributed by atoms with Crippen LogP contribution >= 0.6 is 0 Å². The maximum atomic E-state index is 13.5. The van der Waals surface area contributed by atoms with Crippen LogP contribution in [0, 0.1) is 15.9 Å². The van der Waals surface area contributed by atoms with E-state index in [0.29, 0.717) is 6.54 Å². The smallest absolute Gasteiger partial charge is 0.304 e. The largest absolute Gasteiger partial charge is 0.347 e. The fraction of sp³-hybridized carbons (Fsp3) is 0.118. The number of nitro benzene ring substituents is 1. The SMILES string of the molecule is O=C(CCn1ccc2ccccc21)Nc1ccc([N+](=O)[O-])c(F)c1. The third-order valence-corrected chi connectivity index (χ3v) is 3.69. The normalized spacial score (nSPS) is 10.7. The van der Waals surface area contributed by atoms with Crippen LogP contribution in [-0.2, 0) is 11.3 Å². The molecule has 1 amide bonds. The number of para-hydroxylation sites is 1. The molecule has 0 atom stereocenters. The molecule has 0 aliphatic rings. The van der Waals surface area contributed by atoms with Gasteiger partial charge in [-0.3, -0.25) is 14.9 Å². The lowest BCUT2D eigenvalue weighted by atomic mass is 10.2. The number of nitro groups is 1. The van der Waals surface area contributed by atoms with Crippen molar-refractivity contribution in [2.45, 2.75) is 13.0 Å². The molecule has 0 radical (unpaired) electrons. The third-order valence-electron chi connectivity index (χ3n) is 3.69. The lowest BCUT2D eigenvalue weighted by Crippen LogP contribution is -2.14. The third kappa shape index (κ3) is 3.24. The number of rotatable bonds is 5. The van der Waals surface area contributed by atoms with Crippen molar-refractivity contribution in [3.63, 3.8) is 0 Å². The zero-order chi connectivity index (χ0) is 17.1. The Morgan fingerprint density at radius 2 is 2.00 bits per heavy atom. The number of fused-ring (bicyclic) bond motifs is 1. The summed E-state index contributed by atoms with van der Waals surface area (Å²) in [5.41, 5.74) is 0.610. The van der Waals surface area contributed by atoms with Gasteiger partial charge in [-0.05, 0) is 23.6 Å². The highest BCUT2D eigenvalue weighted by molar-refractivity contribution is 5.91. The Morgan fingerprint density at radius 1 is 1.21 bits per heavy atom. The number of hydrogen-bond donors (Lipinski definition) is 1. The first-order valence-corrected chi connectivity index (χ1v) is 7.32. The van der Waals surface area contributed by atoms with Gasteiger partial charge < -0.3 is 9.88 Å². The number of nitrogens with zero attached hydrogens (tertiary/aromatic N) is 2. The molecule has 1 heterocycles. The van der Waals surface area contributed by atoms with Gasteiger partial charge in [0.15, 0.2) is 0 Å². The second-order valence-electron chi connectivity index (χ2n) is 5.29. The second-order valence-corrected chi connectivity index (χ2v) is 5.29. The average Bonchev–Trinajstić information content (AvgIpc) is 2.96. The van der Waals surface area contributed by atoms with Crippen molar-refractivity contribution in [1.29, 1.82) is 0 Å². The summed E-state index contributed by atoms with van der Waals surface area (Å²) < 4.78 is 15.5. The number of amides is 1. The van der Waals surface area contributed by atoms with E-state index < -0.39 is 16.4 Å². The Bertz CT molecular complexity index is 920. The van der Waals surface area contributed by atoms with E-state index in [2.05, 4.69) is 5.32 Å². The van der Waals surface area contributed by atoms with Crippen molar-refractivity contribution in [2.24, 2.45) is 0 Å². The summed E-state index contributed by atoms with van der Waals surface area (Å²) in [7, 11) is 0. The number of carbonyl (C=O) groups is 1. The highest BCUT2D eigenvalue weighted by Gasteiger charge is 2.14. The minimum Gasteiger partial charge on any atom is -0.347 e. The molecule has 122 valence electrons. The van der Waals surface area contributed by atoms with Crippen LogP contribution in [0.15, 0.2) is 54.7 Å². The second kappa shape index (κ2) is 6.49. The van der Waals surface area contributed by atoms with Crippen LogP contribution in [-0.4, -0.2) is 15.4 Å². The summed E-state index contributed by atoms with van der Waals surface area (Å²) in [6.07, 6.45) is 2.11. The van der Waals surface area contributed by atoms with Gasteiger partial charge in [-0.2, -0.15) is 4.39 Å². The Balaban J connectivity index is 1.64. The van der Waals surface area contributed by atoms with Crippen LogP contribution in [0.3, 0.4) is 0 Å². The average molecular weight is 327 g/mol. The number of anilines is 1. The predicted octanol–water partition coefficient (Wildman–Crippen LogP) is 3.72. The molecule has 0 saturated carbocycles. The zero-order valence-electron chi connectivity index (χ0n) is 12.6. The number of hydrogen-bond acceptors (Lipinski definition) is 3. The summed E-state index contributed by atoms with van der Waals surface area (Å²) >= 11 is 0. The number of halogens is 1. The zero-order valence-corrected chi connectivity index (χ0v) is 12.6. The van der Waals surface area contributed by atoms with Crippen molar-refractivity contribution in [1.82, 2.24) is 4.57 Å². The number of carbonyl (C=O) groups excluding carboxylic acids is 1. The molecule has 24 heavy (non-hydrogen) atoms. The molecule has 0 unspecified atom stereocenters. The van der Waals surface area contributed by atoms with Crippen LogP contribution in [0.5, 0.6) is 0 Å². The molecule has 0 aliphatic heterocycles. The standard InChI is InChI=1S/C17H14FN3O3/c18-14-11-13(5-6-16(14)21(23)24)19-17(22)8-10-20-9-7-12-3-1-2-4-15(12)20/h1-7,9,11H,8,10H2,(H,19,22). The van der Waals surface area contributed by atoms with E-state index in [1.54, 1.807) is 0 Å². The van der Waals surface area contributed by atoms with E-state index in [1.165, 1.54) is 6.07 Å². The lowest BCUT2D eigenvalue weighted by Gasteiger charge is -2.07. The highest BCUT2D eigenvalue weighted by atomic mass is 19.1. The van der Waals surface area contributed by atoms with E-state index in [9.17, 15) is 19.3 Å². The van der Waals surface area contributed by atoms with Gasteiger partial charge in [0.1, 0.15) is 0 Å². The molecule has 1 aromatic heterocycles. The van der Waals surface area contributed by atoms with Crippen LogP contribution in [0.25, 0.3) is 10.9 Å². The minimum absolute atomic E-state index is 0.195. The fourth-order valence-corrected chi connectivity index (χ4v) is 2.51. The Labute approximate surface area is 136 Å². The predicted molar refractivity (Wildman–Crippen MR) is 88.2 cm³/mol. The topological polar surface area (TPSA) is 77.2 Å². The molecular weight excluding hydrogens is 313 g/mol. The number of benzene rings is 2. The van der Waals surface area contributed by atoms with Gasteiger partial charge in [0.2, 0.25) is 11.7 Å². The van der Waals surface area contributed by atoms with Gasteiger partial charge >= 0.3 is 5.69 Å². The molecule has 3 aromatic rings. The summed E-state index contributed by atoms with van der Waals surface area (Å²) in [6, 6.07) is 13.1.